The van der Waals surface area contributed by atoms with Crippen molar-refractivity contribution < 1.29 is 23.1 Å². The summed E-state index contributed by atoms with van der Waals surface area (Å²) in [6.45, 7) is 2.10. The average Bonchev–Trinajstić information content (AvgIpc) is 3.59. The van der Waals surface area contributed by atoms with Gasteiger partial charge in [0, 0.05) is 31.6 Å². The summed E-state index contributed by atoms with van der Waals surface area (Å²) in [5.41, 5.74) is 6.62. The molecule has 3 aromatic rings. The number of imidazole rings is 1. The van der Waals surface area contributed by atoms with Gasteiger partial charge in [-0.3, -0.25) is 9.69 Å². The highest BCUT2D eigenvalue weighted by atomic mass is 19.4. The Labute approximate surface area is 205 Å². The van der Waals surface area contributed by atoms with E-state index in [1.54, 1.807) is 6.33 Å². The number of fused-ring (bicyclic) bond motifs is 1. The Morgan fingerprint density at radius 3 is 2.53 bits per heavy atom. The topological polar surface area (TPSA) is 113 Å². The van der Waals surface area contributed by atoms with E-state index in [1.807, 2.05) is 9.47 Å². The molecule has 9 nitrogen and oxygen atoms in total. The van der Waals surface area contributed by atoms with Gasteiger partial charge in [0.25, 0.3) is 0 Å². The molecule has 0 bridgehead atoms. The molecule has 1 saturated heterocycles. The first-order valence-corrected chi connectivity index (χ1v) is 12.0. The van der Waals surface area contributed by atoms with Crippen LogP contribution in [0.5, 0.6) is 0 Å². The monoisotopic (exact) mass is 503 g/mol. The number of carbonyl (C=O) groups excluding carboxylic acids is 1. The summed E-state index contributed by atoms with van der Waals surface area (Å²) in [7, 11) is 0. The number of benzene rings is 1. The van der Waals surface area contributed by atoms with Crippen LogP contribution in [0.15, 0.2) is 36.9 Å². The zero-order valence-corrected chi connectivity index (χ0v) is 19.6. The molecule has 1 amide bonds. The van der Waals surface area contributed by atoms with Gasteiger partial charge in [0.15, 0.2) is 17.0 Å². The summed E-state index contributed by atoms with van der Waals surface area (Å²) in [4.78, 5) is 28.6. The van der Waals surface area contributed by atoms with Gasteiger partial charge >= 0.3 is 6.18 Å². The average molecular weight is 504 g/mol. The molecule has 0 radical (unpaired) electrons. The summed E-state index contributed by atoms with van der Waals surface area (Å²) >= 11 is 0. The lowest BCUT2D eigenvalue weighted by molar-refractivity contribution is -0.137. The number of aliphatic hydroxyl groups is 1. The third-order valence-corrected chi connectivity index (χ3v) is 6.89. The number of hydrogen-bond donors (Lipinski definition) is 2. The Hall–Kier alpha value is -3.25. The largest absolute Gasteiger partial charge is 0.416 e. The molecule has 2 unspecified atom stereocenters. The fourth-order valence-electron chi connectivity index (χ4n) is 4.85. The van der Waals surface area contributed by atoms with Crippen LogP contribution in [-0.4, -0.2) is 67.2 Å². The maximum atomic E-state index is 12.9. The number of amides is 1. The highest BCUT2D eigenvalue weighted by Crippen LogP contribution is 2.36. The van der Waals surface area contributed by atoms with E-state index in [9.17, 15) is 23.1 Å². The number of likely N-dealkylation sites (tertiary alicyclic amines) is 1. The van der Waals surface area contributed by atoms with Crippen LogP contribution in [0.2, 0.25) is 0 Å². The van der Waals surface area contributed by atoms with Gasteiger partial charge < -0.3 is 20.3 Å². The maximum Gasteiger partial charge on any atom is 0.416 e. The molecule has 2 aliphatic rings. The van der Waals surface area contributed by atoms with E-state index in [2.05, 4.69) is 19.9 Å². The molecule has 1 aromatic carbocycles. The molecule has 2 atom stereocenters. The quantitative estimate of drug-likeness (QED) is 0.485. The second kappa shape index (κ2) is 9.66. The fraction of sp³-hybridized carbons (Fsp3) is 0.500. The van der Waals surface area contributed by atoms with E-state index < -0.39 is 23.8 Å². The Morgan fingerprint density at radius 1 is 1.14 bits per heavy atom. The van der Waals surface area contributed by atoms with Crippen LogP contribution in [0.3, 0.4) is 0 Å². The van der Waals surface area contributed by atoms with Crippen molar-refractivity contribution in [3.05, 3.63) is 48.0 Å². The van der Waals surface area contributed by atoms with Gasteiger partial charge in [-0.2, -0.15) is 13.2 Å². The van der Waals surface area contributed by atoms with Crippen LogP contribution in [0.1, 0.15) is 30.4 Å². The number of carbonyl (C=O) groups is 1. The van der Waals surface area contributed by atoms with Crippen molar-refractivity contribution in [1.29, 1.82) is 0 Å². The van der Waals surface area contributed by atoms with E-state index in [0.717, 1.165) is 30.5 Å². The molecule has 1 saturated carbocycles. The van der Waals surface area contributed by atoms with Crippen molar-refractivity contribution in [3.63, 3.8) is 0 Å². The first-order chi connectivity index (χ1) is 17.2. The van der Waals surface area contributed by atoms with E-state index in [0.29, 0.717) is 49.6 Å². The minimum absolute atomic E-state index is 0.0309. The molecule has 0 spiro atoms. The van der Waals surface area contributed by atoms with Crippen LogP contribution in [0.25, 0.3) is 11.2 Å². The van der Waals surface area contributed by atoms with Crippen LogP contribution >= 0.6 is 0 Å². The Morgan fingerprint density at radius 2 is 1.89 bits per heavy atom. The number of aliphatic hydroxyl groups excluding tert-OH is 1. The number of β-amino-alcohol motifs (C(OH)–C–C–N with tert-alkyl or cyclic N) is 1. The lowest BCUT2D eigenvalue weighted by atomic mass is 9.93. The molecular weight excluding hydrogens is 475 g/mol. The van der Waals surface area contributed by atoms with E-state index in [1.165, 1.54) is 18.5 Å². The molecule has 5 rings (SSSR count). The summed E-state index contributed by atoms with van der Waals surface area (Å²) < 4.78 is 40.8. The fourth-order valence-corrected chi connectivity index (χ4v) is 4.85. The van der Waals surface area contributed by atoms with Gasteiger partial charge in [0.2, 0.25) is 5.91 Å². The normalized spacial score (nSPS) is 21.1. The Bertz CT molecular complexity index is 1230. The molecule has 3 heterocycles. The maximum absolute atomic E-state index is 12.9. The summed E-state index contributed by atoms with van der Waals surface area (Å²) in [6.07, 6.45) is 0.838. The molecule has 192 valence electrons. The minimum atomic E-state index is -4.37. The molecule has 36 heavy (non-hydrogen) atoms. The van der Waals surface area contributed by atoms with E-state index in [-0.39, 0.29) is 18.5 Å². The van der Waals surface area contributed by atoms with Crippen LogP contribution < -0.4 is 10.6 Å². The number of nitrogens with zero attached hydrogens (tertiary/aromatic N) is 6. The highest BCUT2D eigenvalue weighted by Gasteiger charge is 2.34. The lowest BCUT2D eigenvalue weighted by Gasteiger charge is -2.35. The van der Waals surface area contributed by atoms with Crippen LogP contribution in [0.4, 0.5) is 19.0 Å². The minimum Gasteiger partial charge on any atom is -0.391 e. The number of piperidine rings is 1. The standard InChI is InChI=1S/C24H28F3N7O2/c25-24(26,27)17-3-1-15(2-4-17)9-34(18-5-6-18)23-21-22(29-13-30-23)33(14-31-21)10-16-7-8-32(11-19(16)35)12-20(28)36/h1-4,13-14,16,18-19,35H,5-12H2,(H2,28,36). The first kappa shape index (κ1) is 24.4. The van der Waals surface area contributed by atoms with Gasteiger partial charge in [0.1, 0.15) is 6.33 Å². The van der Waals surface area contributed by atoms with E-state index >= 15 is 0 Å². The molecule has 1 aliphatic heterocycles. The molecule has 3 N–H and O–H groups in total. The zero-order valence-electron chi connectivity index (χ0n) is 19.6. The van der Waals surface area contributed by atoms with Gasteiger partial charge in [-0.15, -0.1) is 0 Å². The summed E-state index contributed by atoms with van der Waals surface area (Å²) in [5.74, 6) is 0.205. The second-order valence-electron chi connectivity index (χ2n) is 9.64. The number of anilines is 1. The van der Waals surface area contributed by atoms with Crippen LogP contribution in [-0.2, 0) is 24.1 Å². The predicted octanol–water partition coefficient (Wildman–Crippen LogP) is 2.18. The zero-order chi connectivity index (χ0) is 25.4. The number of aromatic nitrogens is 4. The number of primary amides is 1. The van der Waals surface area contributed by atoms with Gasteiger partial charge in [-0.25, -0.2) is 15.0 Å². The summed E-state index contributed by atoms with van der Waals surface area (Å²) in [5, 5.41) is 10.6. The number of hydrogen-bond acceptors (Lipinski definition) is 7. The highest BCUT2D eigenvalue weighted by molar-refractivity contribution is 5.83. The van der Waals surface area contributed by atoms with Crippen molar-refractivity contribution in [2.24, 2.45) is 11.7 Å². The third kappa shape index (κ3) is 5.29. The molecule has 2 fully saturated rings. The molecule has 12 heteroatoms. The number of alkyl halides is 3. The van der Waals surface area contributed by atoms with E-state index in [4.69, 9.17) is 5.73 Å². The second-order valence-corrected chi connectivity index (χ2v) is 9.64. The van der Waals surface area contributed by atoms with Crippen molar-refractivity contribution in [3.8, 4) is 0 Å². The van der Waals surface area contributed by atoms with Gasteiger partial charge in [0.05, 0.1) is 24.5 Å². The van der Waals surface area contributed by atoms with Crippen LogP contribution in [0, 0.1) is 5.92 Å². The van der Waals surface area contributed by atoms with Gasteiger partial charge in [-0.1, -0.05) is 12.1 Å². The SMILES string of the molecule is NC(=O)CN1CCC(Cn2cnc3c(N(Cc4ccc(C(F)(F)F)cc4)C4CC4)ncnc32)C(O)C1. The first-order valence-electron chi connectivity index (χ1n) is 12.0. The summed E-state index contributed by atoms with van der Waals surface area (Å²) in [6, 6.07) is 5.45. The van der Waals surface area contributed by atoms with Crippen molar-refractivity contribution in [2.75, 3.05) is 24.5 Å². The van der Waals surface area contributed by atoms with Gasteiger partial charge in [-0.05, 0) is 43.5 Å². The van der Waals surface area contributed by atoms with Crippen molar-refractivity contribution in [1.82, 2.24) is 24.4 Å². The smallest absolute Gasteiger partial charge is 0.391 e. The number of rotatable bonds is 8. The lowest BCUT2D eigenvalue weighted by Crippen LogP contribution is -2.47. The number of nitrogens with two attached hydrogens (primary N) is 1. The third-order valence-electron chi connectivity index (χ3n) is 6.89. The Kier molecular flexibility index (Phi) is 6.56. The molecular formula is C24H28F3N7O2. The van der Waals surface area contributed by atoms with Crippen molar-refractivity contribution in [2.45, 2.75) is 50.7 Å². The molecule has 1 aliphatic carbocycles. The van der Waals surface area contributed by atoms with Crippen molar-refractivity contribution >= 4 is 22.9 Å². The molecule has 2 aromatic heterocycles. The Balaban J connectivity index is 1.34. The predicted molar refractivity (Wildman–Crippen MR) is 126 cm³/mol. The number of halogens is 3.